The summed E-state index contributed by atoms with van der Waals surface area (Å²) in [7, 11) is 1.46. The molecule has 2 aromatic rings. The zero-order valence-corrected chi connectivity index (χ0v) is 13.3. The van der Waals surface area contributed by atoms with Crippen molar-refractivity contribution in [1.29, 1.82) is 0 Å². The third kappa shape index (κ3) is 3.68. The van der Waals surface area contributed by atoms with Crippen molar-refractivity contribution in [3.05, 3.63) is 63.9 Å². The molecule has 0 saturated heterocycles. The molecule has 0 heterocycles. The fourth-order valence-electron chi connectivity index (χ4n) is 2.00. The average molecular weight is 352 g/mol. The maximum Gasteiger partial charge on any atom is 0.258 e. The molecule has 0 radical (unpaired) electrons. The van der Waals surface area contributed by atoms with Crippen molar-refractivity contribution in [2.75, 3.05) is 12.4 Å². The van der Waals surface area contributed by atoms with E-state index in [1.807, 2.05) is 30.3 Å². The van der Waals surface area contributed by atoms with Gasteiger partial charge >= 0.3 is 0 Å². The molecule has 0 aliphatic carbocycles. The Morgan fingerprint density at radius 3 is 2.57 bits per heavy atom. The van der Waals surface area contributed by atoms with Crippen LogP contribution in [0.2, 0.25) is 0 Å². The third-order valence-corrected chi connectivity index (χ3v) is 3.71. The molecule has 110 valence electrons. The molecule has 0 fully saturated rings. The maximum atomic E-state index is 13.6. The van der Waals surface area contributed by atoms with Gasteiger partial charge in [-0.25, -0.2) is 4.39 Å². The molecule has 0 aliphatic heterocycles. The number of nitrogens with one attached hydrogen (secondary N) is 1. The molecule has 1 atom stereocenters. The maximum absolute atomic E-state index is 13.6. The minimum atomic E-state index is -0.739. The second kappa shape index (κ2) is 6.83. The van der Waals surface area contributed by atoms with Gasteiger partial charge in [0.1, 0.15) is 5.82 Å². The first-order valence-corrected chi connectivity index (χ1v) is 7.16. The molecule has 1 amide bonds. The van der Waals surface area contributed by atoms with Crippen molar-refractivity contribution in [2.45, 2.75) is 13.0 Å². The van der Waals surface area contributed by atoms with Crippen molar-refractivity contribution in [3.8, 4) is 0 Å². The van der Waals surface area contributed by atoms with Crippen LogP contribution in [0.15, 0.2) is 46.9 Å². The first-order valence-electron chi connectivity index (χ1n) is 6.37. The van der Waals surface area contributed by atoms with Gasteiger partial charge in [-0.05, 0) is 46.1 Å². The van der Waals surface area contributed by atoms with Gasteiger partial charge in [-0.1, -0.05) is 30.3 Å². The van der Waals surface area contributed by atoms with E-state index in [1.165, 1.54) is 13.2 Å². The van der Waals surface area contributed by atoms with Crippen LogP contribution in [0.4, 0.5) is 10.1 Å². The number of anilines is 1. The number of rotatable bonds is 4. The number of ether oxygens (including phenoxy) is 1. The quantitative estimate of drug-likeness (QED) is 0.895. The predicted octanol–water partition coefficient (Wildman–Crippen LogP) is 4.22. The van der Waals surface area contributed by atoms with Gasteiger partial charge in [0.25, 0.3) is 5.91 Å². The molecule has 0 spiro atoms. The Labute approximate surface area is 131 Å². The van der Waals surface area contributed by atoms with Crippen LogP contribution in [-0.4, -0.2) is 13.0 Å². The molecule has 3 nitrogen and oxygen atoms in total. The number of methoxy groups -OCH3 is 1. The summed E-state index contributed by atoms with van der Waals surface area (Å²) in [5.74, 6) is -0.766. The lowest BCUT2D eigenvalue weighted by Gasteiger charge is -2.17. The van der Waals surface area contributed by atoms with Crippen LogP contribution in [0.1, 0.15) is 17.2 Å². The molecular formula is C16H15BrFNO2. The Hall–Kier alpha value is -1.72. The Balaban J connectivity index is 2.23. The van der Waals surface area contributed by atoms with Gasteiger partial charge in [-0.2, -0.15) is 0 Å². The lowest BCUT2D eigenvalue weighted by atomic mass is 10.1. The number of benzene rings is 2. The number of carbonyl (C=O) groups is 1. The molecule has 0 aliphatic rings. The third-order valence-electron chi connectivity index (χ3n) is 3.10. The zero-order valence-electron chi connectivity index (χ0n) is 11.7. The molecule has 0 bridgehead atoms. The summed E-state index contributed by atoms with van der Waals surface area (Å²) in [5.41, 5.74) is 1.94. The van der Waals surface area contributed by atoms with Crippen LogP contribution >= 0.6 is 15.9 Å². The van der Waals surface area contributed by atoms with E-state index in [1.54, 1.807) is 13.0 Å². The summed E-state index contributed by atoms with van der Waals surface area (Å²) in [6.45, 7) is 1.80. The minimum Gasteiger partial charge on any atom is -0.367 e. The number of carbonyl (C=O) groups excluding carboxylic acids is 1. The number of amides is 1. The van der Waals surface area contributed by atoms with Crippen molar-refractivity contribution in [2.24, 2.45) is 0 Å². The van der Waals surface area contributed by atoms with Crippen LogP contribution in [-0.2, 0) is 9.53 Å². The van der Waals surface area contributed by atoms with Gasteiger partial charge in [-0.3, -0.25) is 4.79 Å². The van der Waals surface area contributed by atoms with Crippen molar-refractivity contribution >= 4 is 27.5 Å². The highest BCUT2D eigenvalue weighted by Gasteiger charge is 2.20. The van der Waals surface area contributed by atoms with Crippen LogP contribution in [0.5, 0.6) is 0 Å². The summed E-state index contributed by atoms with van der Waals surface area (Å²) in [6, 6.07) is 12.1. The van der Waals surface area contributed by atoms with E-state index in [2.05, 4.69) is 21.2 Å². The highest BCUT2D eigenvalue weighted by molar-refractivity contribution is 9.10. The molecule has 2 rings (SSSR count). The SMILES string of the molecule is COC(C(=O)Nc1cc(F)c(Br)cc1C)c1ccccc1. The average Bonchev–Trinajstić information content (AvgIpc) is 2.46. The van der Waals surface area contributed by atoms with E-state index in [0.717, 1.165) is 11.1 Å². The minimum absolute atomic E-state index is 0.339. The highest BCUT2D eigenvalue weighted by atomic mass is 79.9. The van der Waals surface area contributed by atoms with Crippen LogP contribution in [0, 0.1) is 12.7 Å². The summed E-state index contributed by atoms with van der Waals surface area (Å²) in [4.78, 5) is 12.3. The molecule has 21 heavy (non-hydrogen) atoms. The Morgan fingerprint density at radius 1 is 1.29 bits per heavy atom. The van der Waals surface area contributed by atoms with Gasteiger partial charge in [0, 0.05) is 12.8 Å². The second-order valence-electron chi connectivity index (χ2n) is 4.60. The second-order valence-corrected chi connectivity index (χ2v) is 5.45. The molecule has 5 heteroatoms. The highest BCUT2D eigenvalue weighted by Crippen LogP contribution is 2.25. The molecular weight excluding hydrogens is 337 g/mol. The Kier molecular flexibility index (Phi) is 5.09. The lowest BCUT2D eigenvalue weighted by Crippen LogP contribution is -2.23. The normalized spacial score (nSPS) is 12.0. The monoisotopic (exact) mass is 351 g/mol. The smallest absolute Gasteiger partial charge is 0.258 e. The number of halogens is 2. The Bertz CT molecular complexity index is 646. The summed E-state index contributed by atoms with van der Waals surface area (Å²) in [6.07, 6.45) is -0.739. The Morgan fingerprint density at radius 2 is 1.95 bits per heavy atom. The molecule has 1 N–H and O–H groups in total. The van der Waals surface area contributed by atoms with Crippen molar-refractivity contribution < 1.29 is 13.9 Å². The van der Waals surface area contributed by atoms with E-state index in [4.69, 9.17) is 4.74 Å². The molecule has 2 aromatic carbocycles. The standard InChI is InChI=1S/C16H15BrFNO2/c1-10-8-12(17)13(18)9-14(10)19-16(20)15(21-2)11-6-4-3-5-7-11/h3-9,15H,1-2H3,(H,19,20). The summed E-state index contributed by atoms with van der Waals surface area (Å²) < 4.78 is 19.2. The van der Waals surface area contributed by atoms with Crippen molar-refractivity contribution in [1.82, 2.24) is 0 Å². The zero-order chi connectivity index (χ0) is 15.4. The van der Waals surface area contributed by atoms with Crippen LogP contribution in [0.25, 0.3) is 0 Å². The topological polar surface area (TPSA) is 38.3 Å². The van der Waals surface area contributed by atoms with E-state index in [-0.39, 0.29) is 5.91 Å². The van der Waals surface area contributed by atoms with Gasteiger partial charge in [0.05, 0.1) is 4.47 Å². The summed E-state index contributed by atoms with van der Waals surface area (Å²) >= 11 is 3.11. The fraction of sp³-hybridized carbons (Fsp3) is 0.188. The molecule has 0 saturated carbocycles. The predicted molar refractivity (Wildman–Crippen MR) is 83.7 cm³/mol. The van der Waals surface area contributed by atoms with E-state index in [0.29, 0.717) is 10.2 Å². The van der Waals surface area contributed by atoms with Crippen LogP contribution in [0.3, 0.4) is 0 Å². The lowest BCUT2D eigenvalue weighted by molar-refractivity contribution is -0.126. The number of aryl methyl sites for hydroxylation is 1. The molecule has 1 unspecified atom stereocenters. The largest absolute Gasteiger partial charge is 0.367 e. The number of hydrogen-bond acceptors (Lipinski definition) is 2. The first-order chi connectivity index (χ1) is 10.0. The molecule has 0 aromatic heterocycles. The fourth-order valence-corrected chi connectivity index (χ4v) is 2.46. The first kappa shape index (κ1) is 15.7. The van der Waals surface area contributed by atoms with Gasteiger partial charge in [0.15, 0.2) is 6.10 Å². The van der Waals surface area contributed by atoms with Crippen molar-refractivity contribution in [3.63, 3.8) is 0 Å². The number of hydrogen-bond donors (Lipinski definition) is 1. The van der Waals surface area contributed by atoms with E-state index >= 15 is 0 Å². The van der Waals surface area contributed by atoms with E-state index < -0.39 is 11.9 Å². The van der Waals surface area contributed by atoms with Gasteiger partial charge < -0.3 is 10.1 Å². The van der Waals surface area contributed by atoms with Gasteiger partial charge in [-0.15, -0.1) is 0 Å². The van der Waals surface area contributed by atoms with Gasteiger partial charge in [0.2, 0.25) is 0 Å². The van der Waals surface area contributed by atoms with E-state index in [9.17, 15) is 9.18 Å². The summed E-state index contributed by atoms with van der Waals surface area (Å²) in [5, 5.41) is 2.70. The van der Waals surface area contributed by atoms with Crippen LogP contribution < -0.4 is 5.32 Å².